The van der Waals surface area contributed by atoms with E-state index in [0.29, 0.717) is 11.8 Å². The zero-order valence-corrected chi connectivity index (χ0v) is 52.1. The number of para-hydroxylation sites is 6. The van der Waals surface area contributed by atoms with E-state index in [1.54, 1.807) is 11.1 Å². The maximum Gasteiger partial charge on any atom is 0.159 e. The van der Waals surface area contributed by atoms with Gasteiger partial charge >= 0.3 is 0 Å². The number of hydrogen-bond donors (Lipinski definition) is 0. The predicted octanol–water partition coefficient (Wildman–Crippen LogP) is 24.0. The SMILES string of the molecule is C[Si](C)(C)C1([Si](C)(C)C)c2c(ccc3cc(N(c4ccccc4)c4cccc5c4oc4c(C6CCCCC6)cccc45)ccc23)-c2c1c1ccc(N(c3ccccc3)c3cccc4c3oc3c(C5CCCCC5)cccc34)cc1c1ccccc21. The fourth-order valence-corrected chi connectivity index (χ4v) is 30.3. The Bertz CT molecular complexity index is 4770. The summed E-state index contributed by atoms with van der Waals surface area (Å²) in [6.45, 7) is 16.0. The Morgan fingerprint density at radius 1 is 0.341 bits per heavy atom. The molecule has 0 saturated heterocycles. The molecule has 0 amide bonds. The van der Waals surface area contributed by atoms with Crippen LogP contribution in [0.25, 0.3) is 87.3 Å². The second-order valence-corrected chi connectivity index (χ2v) is 38.1. The van der Waals surface area contributed by atoms with Crippen LogP contribution >= 0.6 is 0 Å². The summed E-state index contributed by atoms with van der Waals surface area (Å²) < 4.78 is 14.3. The third kappa shape index (κ3) is 7.96. The quantitative estimate of drug-likeness (QED) is 0.101. The van der Waals surface area contributed by atoms with Crippen molar-refractivity contribution in [1.29, 1.82) is 0 Å². The van der Waals surface area contributed by atoms with E-state index in [0.717, 1.165) is 56.5 Å². The first-order valence-corrected chi connectivity index (χ1v) is 38.6. The molecule has 0 atom stereocenters. The van der Waals surface area contributed by atoms with Crippen molar-refractivity contribution in [2.24, 2.45) is 0 Å². The number of rotatable bonds is 10. The summed E-state index contributed by atoms with van der Waals surface area (Å²) in [4.78, 5) is 4.90. The fourth-order valence-electron chi connectivity index (χ4n) is 17.3. The normalized spacial score (nSPS) is 15.9. The average molecular weight is 1140 g/mol. The van der Waals surface area contributed by atoms with Gasteiger partial charge in [0.1, 0.15) is 11.2 Å². The van der Waals surface area contributed by atoms with Gasteiger partial charge in [0.25, 0.3) is 0 Å². The van der Waals surface area contributed by atoms with Crippen LogP contribution in [0.2, 0.25) is 39.3 Å². The minimum Gasteiger partial charge on any atom is -0.454 e. The van der Waals surface area contributed by atoms with E-state index in [-0.39, 0.29) is 4.66 Å². The average Bonchev–Trinajstić information content (AvgIpc) is 1.58. The molecule has 0 N–H and O–H groups in total. The van der Waals surface area contributed by atoms with Crippen molar-refractivity contribution in [2.75, 3.05) is 9.80 Å². The molecule has 420 valence electrons. The summed E-state index contributed by atoms with van der Waals surface area (Å²) >= 11 is 0. The number of anilines is 6. The molecule has 13 aromatic rings. The highest BCUT2D eigenvalue weighted by Gasteiger charge is 2.60. The van der Waals surface area contributed by atoms with E-state index >= 15 is 0 Å². The first-order chi connectivity index (χ1) is 41.5. The number of furan rings is 2. The fraction of sp³-hybridized carbons (Fsp3) is 0.241. The summed E-state index contributed by atoms with van der Waals surface area (Å²) in [5, 5.41) is 12.7. The van der Waals surface area contributed by atoms with Gasteiger partial charge < -0.3 is 18.6 Å². The molecule has 0 radical (unpaired) electrons. The van der Waals surface area contributed by atoms with Gasteiger partial charge in [0.15, 0.2) is 11.2 Å². The number of nitrogens with zero attached hydrogens (tertiary/aromatic N) is 2. The van der Waals surface area contributed by atoms with E-state index < -0.39 is 16.1 Å². The van der Waals surface area contributed by atoms with Crippen LogP contribution in [-0.4, -0.2) is 16.1 Å². The lowest BCUT2D eigenvalue weighted by molar-refractivity contribution is 0.442. The molecule has 2 heterocycles. The van der Waals surface area contributed by atoms with Crippen LogP contribution in [0.5, 0.6) is 0 Å². The van der Waals surface area contributed by atoms with E-state index in [9.17, 15) is 0 Å². The molecular weight excluding hydrogens is 1070 g/mol. The van der Waals surface area contributed by atoms with Gasteiger partial charge in [-0.1, -0.05) is 223 Å². The van der Waals surface area contributed by atoms with Crippen LogP contribution in [0.1, 0.15) is 98.3 Å². The summed E-state index contributed by atoms with van der Waals surface area (Å²) in [6.07, 6.45) is 12.7. The first kappa shape index (κ1) is 52.4. The Morgan fingerprint density at radius 2 is 0.788 bits per heavy atom. The predicted molar refractivity (Wildman–Crippen MR) is 367 cm³/mol. The summed E-state index contributed by atoms with van der Waals surface area (Å²) in [5.41, 5.74) is 19.2. The van der Waals surface area contributed by atoms with Crippen LogP contribution in [0.15, 0.2) is 215 Å². The van der Waals surface area contributed by atoms with Gasteiger partial charge in [0.2, 0.25) is 0 Å². The Balaban J connectivity index is 0.895. The first-order valence-electron chi connectivity index (χ1n) is 31.6. The van der Waals surface area contributed by atoms with Crippen molar-refractivity contribution < 1.29 is 8.83 Å². The van der Waals surface area contributed by atoms with E-state index in [1.165, 1.54) is 140 Å². The molecule has 11 aromatic carbocycles. The maximum absolute atomic E-state index is 7.26. The highest BCUT2D eigenvalue weighted by molar-refractivity contribution is 7.00. The summed E-state index contributed by atoms with van der Waals surface area (Å²) in [5.74, 6) is 1.07. The third-order valence-electron chi connectivity index (χ3n) is 20.5. The van der Waals surface area contributed by atoms with Gasteiger partial charge in [-0.25, -0.2) is 0 Å². The van der Waals surface area contributed by atoms with Crippen molar-refractivity contribution >= 4 is 126 Å². The van der Waals surface area contributed by atoms with Gasteiger partial charge in [-0.05, 0) is 164 Å². The molecule has 85 heavy (non-hydrogen) atoms. The third-order valence-corrected chi connectivity index (χ3v) is 30.5. The van der Waals surface area contributed by atoms with E-state index in [2.05, 4.69) is 255 Å². The minimum absolute atomic E-state index is 0.167. The van der Waals surface area contributed by atoms with Gasteiger partial charge in [0, 0.05) is 49.0 Å². The van der Waals surface area contributed by atoms with Gasteiger partial charge in [-0.2, -0.15) is 0 Å². The minimum atomic E-state index is -2.23. The molecule has 4 nitrogen and oxygen atoms in total. The standard InChI is InChI=1S/C79H74N2O2Si2/c1-84(2,3)79(85(4,5)6)73-58-47-44-56(80(54-29-15-9-16-30-54)70-41-23-39-66-64-37-21-35-59(75(64)82-77(66)70)51-25-11-7-12-26-51)49-53(58)43-46-68(73)72-62-34-20-19-33-61(62)69-50-57(45-48-63(69)74(72)79)81(55-31-17-10-18-32-55)71-42-24-40-67-65-38-22-36-60(76(65)83-78(67)71)52-27-13-8-14-28-52/h9-10,15-24,29-52H,7-8,11-14,25-28H2,1-6H3. The zero-order valence-electron chi connectivity index (χ0n) is 50.1. The Kier molecular flexibility index (Phi) is 12.3. The summed E-state index contributed by atoms with van der Waals surface area (Å²) in [6, 6.07) is 78.2. The molecule has 0 unspecified atom stereocenters. The lowest BCUT2D eigenvalue weighted by Crippen LogP contribution is -2.63. The number of benzene rings is 11. The van der Waals surface area contributed by atoms with Crippen LogP contribution in [0.4, 0.5) is 34.1 Å². The van der Waals surface area contributed by atoms with E-state index in [4.69, 9.17) is 8.83 Å². The van der Waals surface area contributed by atoms with Crippen molar-refractivity contribution in [3.8, 4) is 11.1 Å². The van der Waals surface area contributed by atoms with Crippen molar-refractivity contribution in [2.45, 2.75) is 120 Å². The molecule has 0 bridgehead atoms. The van der Waals surface area contributed by atoms with Crippen LogP contribution in [0.3, 0.4) is 0 Å². The number of hydrogen-bond acceptors (Lipinski definition) is 4. The Hall–Kier alpha value is -8.17. The topological polar surface area (TPSA) is 32.8 Å². The second kappa shape index (κ2) is 20.0. The van der Waals surface area contributed by atoms with Gasteiger partial charge in [0.05, 0.1) is 27.5 Å². The molecule has 2 aromatic heterocycles. The lowest BCUT2D eigenvalue weighted by Gasteiger charge is -2.52. The molecule has 0 aliphatic heterocycles. The molecule has 2 saturated carbocycles. The highest BCUT2D eigenvalue weighted by atomic mass is 28.4. The maximum atomic E-state index is 7.26. The zero-order chi connectivity index (χ0) is 57.3. The second-order valence-electron chi connectivity index (χ2n) is 27.1. The molecule has 3 aliphatic rings. The smallest absolute Gasteiger partial charge is 0.159 e. The van der Waals surface area contributed by atoms with Gasteiger partial charge in [-0.3, -0.25) is 0 Å². The van der Waals surface area contributed by atoms with Crippen molar-refractivity contribution in [3.63, 3.8) is 0 Å². The van der Waals surface area contributed by atoms with Crippen molar-refractivity contribution in [1.82, 2.24) is 0 Å². The monoisotopic (exact) mass is 1140 g/mol. The molecule has 6 heteroatoms. The Labute approximate surface area is 501 Å². The van der Waals surface area contributed by atoms with Crippen LogP contribution < -0.4 is 9.80 Å². The number of fused-ring (bicyclic) bond motifs is 16. The van der Waals surface area contributed by atoms with Gasteiger partial charge in [-0.15, -0.1) is 0 Å². The van der Waals surface area contributed by atoms with E-state index in [1.807, 2.05) is 0 Å². The largest absolute Gasteiger partial charge is 0.454 e. The molecule has 3 aliphatic carbocycles. The molecule has 16 rings (SSSR count). The Morgan fingerprint density at radius 3 is 1.31 bits per heavy atom. The van der Waals surface area contributed by atoms with Crippen LogP contribution in [-0.2, 0) is 4.66 Å². The van der Waals surface area contributed by atoms with Crippen molar-refractivity contribution in [3.05, 3.63) is 229 Å². The highest BCUT2D eigenvalue weighted by Crippen LogP contribution is 2.64. The molecule has 0 spiro atoms. The lowest BCUT2D eigenvalue weighted by atomic mass is 9.83. The molecular formula is C79H74N2O2Si2. The molecule has 2 fully saturated rings. The van der Waals surface area contributed by atoms with Crippen LogP contribution in [0, 0.1) is 0 Å². The summed E-state index contributed by atoms with van der Waals surface area (Å²) in [7, 11) is -4.46.